The highest BCUT2D eigenvalue weighted by atomic mass is 16.6. The summed E-state index contributed by atoms with van der Waals surface area (Å²) in [4.78, 5) is 22.2. The molecule has 2 aromatic rings. The highest BCUT2D eigenvalue weighted by molar-refractivity contribution is 5.87. The fourth-order valence-electron chi connectivity index (χ4n) is 2.10. The number of anilines is 1. The number of nitro benzene ring substituents is 1. The van der Waals surface area contributed by atoms with Crippen molar-refractivity contribution < 1.29 is 14.5 Å². The topological polar surface area (TPSA) is 81.5 Å². The van der Waals surface area contributed by atoms with Crippen molar-refractivity contribution in [2.45, 2.75) is 20.5 Å². The van der Waals surface area contributed by atoms with E-state index in [4.69, 9.17) is 4.74 Å². The first-order valence-corrected chi connectivity index (χ1v) is 6.70. The summed E-state index contributed by atoms with van der Waals surface area (Å²) < 4.78 is 5.14. The van der Waals surface area contributed by atoms with E-state index in [1.165, 1.54) is 12.1 Å². The van der Waals surface area contributed by atoms with Crippen LogP contribution in [0, 0.1) is 24.0 Å². The molecule has 0 fully saturated rings. The first kappa shape index (κ1) is 15.5. The van der Waals surface area contributed by atoms with Gasteiger partial charge in [0, 0.05) is 12.1 Å². The molecule has 0 bridgehead atoms. The standard InChI is InChI=1S/C16H16N2O4/c1-11-8-14(18(20)21)9-12(2)15(11)17-16(19)22-10-13-6-4-3-5-7-13/h3-9H,10H2,1-2H3,(H,17,19). The second-order valence-corrected chi connectivity index (χ2v) is 4.90. The maximum atomic E-state index is 11.8. The van der Waals surface area contributed by atoms with Gasteiger partial charge in [0.05, 0.1) is 10.6 Å². The van der Waals surface area contributed by atoms with Gasteiger partial charge in [-0.1, -0.05) is 30.3 Å². The molecule has 114 valence electrons. The number of nitrogens with zero attached hydrogens (tertiary/aromatic N) is 1. The zero-order valence-electron chi connectivity index (χ0n) is 12.3. The van der Waals surface area contributed by atoms with Crippen LogP contribution in [0.15, 0.2) is 42.5 Å². The van der Waals surface area contributed by atoms with Crippen molar-refractivity contribution in [2.75, 3.05) is 5.32 Å². The zero-order chi connectivity index (χ0) is 16.1. The van der Waals surface area contributed by atoms with Crippen molar-refractivity contribution in [3.63, 3.8) is 0 Å². The monoisotopic (exact) mass is 300 g/mol. The molecular weight excluding hydrogens is 284 g/mol. The zero-order valence-corrected chi connectivity index (χ0v) is 12.3. The molecule has 0 radical (unpaired) electrons. The molecule has 6 nitrogen and oxygen atoms in total. The Hall–Kier alpha value is -2.89. The first-order valence-electron chi connectivity index (χ1n) is 6.70. The predicted octanol–water partition coefficient (Wildman–Crippen LogP) is 3.96. The molecule has 6 heteroatoms. The number of benzene rings is 2. The lowest BCUT2D eigenvalue weighted by atomic mass is 10.1. The number of ether oxygens (including phenoxy) is 1. The molecule has 0 unspecified atom stereocenters. The van der Waals surface area contributed by atoms with Crippen molar-refractivity contribution in [1.82, 2.24) is 0 Å². The number of nitrogens with one attached hydrogen (secondary N) is 1. The van der Waals surface area contributed by atoms with Gasteiger partial charge in [0.25, 0.3) is 5.69 Å². The van der Waals surface area contributed by atoms with Gasteiger partial charge in [-0.3, -0.25) is 15.4 Å². The molecule has 1 N–H and O–H groups in total. The van der Waals surface area contributed by atoms with Crippen LogP contribution in [0.3, 0.4) is 0 Å². The number of hydrogen-bond donors (Lipinski definition) is 1. The van der Waals surface area contributed by atoms with Gasteiger partial charge in [0.2, 0.25) is 0 Å². The lowest BCUT2D eigenvalue weighted by molar-refractivity contribution is -0.384. The Morgan fingerprint density at radius 2 is 1.77 bits per heavy atom. The van der Waals surface area contributed by atoms with Crippen LogP contribution in [-0.2, 0) is 11.3 Å². The normalized spacial score (nSPS) is 10.1. The number of non-ortho nitro benzene ring substituents is 1. The third kappa shape index (κ3) is 3.82. The second kappa shape index (κ2) is 6.71. The summed E-state index contributed by atoms with van der Waals surface area (Å²) in [6, 6.07) is 12.2. The van der Waals surface area contributed by atoms with Gasteiger partial charge in [-0.15, -0.1) is 0 Å². The van der Waals surface area contributed by atoms with E-state index in [9.17, 15) is 14.9 Å². The van der Waals surface area contributed by atoms with Gasteiger partial charge in [-0.2, -0.15) is 0 Å². The van der Waals surface area contributed by atoms with Crippen molar-refractivity contribution >= 4 is 17.5 Å². The molecule has 2 rings (SSSR count). The molecule has 1 amide bonds. The molecule has 0 aliphatic carbocycles. The van der Waals surface area contributed by atoms with E-state index in [0.29, 0.717) is 16.8 Å². The van der Waals surface area contributed by atoms with Crippen LogP contribution in [0.25, 0.3) is 0 Å². The Morgan fingerprint density at radius 3 is 2.32 bits per heavy atom. The molecular formula is C16H16N2O4. The van der Waals surface area contributed by atoms with Crippen molar-refractivity contribution in [3.05, 3.63) is 69.3 Å². The highest BCUT2D eigenvalue weighted by Crippen LogP contribution is 2.26. The largest absolute Gasteiger partial charge is 0.444 e. The third-order valence-electron chi connectivity index (χ3n) is 3.17. The summed E-state index contributed by atoms with van der Waals surface area (Å²) in [5.41, 5.74) is 2.64. The molecule has 2 aromatic carbocycles. The highest BCUT2D eigenvalue weighted by Gasteiger charge is 2.14. The van der Waals surface area contributed by atoms with Crippen LogP contribution in [0.2, 0.25) is 0 Å². The SMILES string of the molecule is Cc1cc([N+](=O)[O-])cc(C)c1NC(=O)OCc1ccccc1. The van der Waals surface area contributed by atoms with Gasteiger partial charge in [0.1, 0.15) is 6.61 Å². The molecule has 0 aliphatic heterocycles. The van der Waals surface area contributed by atoms with Gasteiger partial charge < -0.3 is 4.74 Å². The molecule has 0 aromatic heterocycles. The van der Waals surface area contributed by atoms with Crippen LogP contribution < -0.4 is 5.32 Å². The van der Waals surface area contributed by atoms with E-state index >= 15 is 0 Å². The summed E-state index contributed by atoms with van der Waals surface area (Å²) in [5, 5.41) is 13.4. The minimum Gasteiger partial charge on any atom is -0.444 e. The number of aryl methyl sites for hydroxylation is 2. The van der Waals surface area contributed by atoms with E-state index in [0.717, 1.165) is 5.56 Å². The Labute approximate surface area is 127 Å². The number of carbonyl (C=O) groups excluding carboxylic acids is 1. The molecule has 0 spiro atoms. The average Bonchev–Trinajstić information content (AvgIpc) is 2.49. The van der Waals surface area contributed by atoms with Crippen LogP contribution >= 0.6 is 0 Å². The molecule has 22 heavy (non-hydrogen) atoms. The molecule has 0 atom stereocenters. The van der Waals surface area contributed by atoms with E-state index < -0.39 is 11.0 Å². The fraction of sp³-hybridized carbons (Fsp3) is 0.188. The fourth-order valence-corrected chi connectivity index (χ4v) is 2.10. The number of amides is 1. The van der Waals surface area contributed by atoms with E-state index in [-0.39, 0.29) is 12.3 Å². The third-order valence-corrected chi connectivity index (χ3v) is 3.17. The summed E-state index contributed by atoms with van der Waals surface area (Å²) >= 11 is 0. The van der Waals surface area contributed by atoms with Gasteiger partial charge in [0.15, 0.2) is 0 Å². The number of carbonyl (C=O) groups is 1. The van der Waals surface area contributed by atoms with Gasteiger partial charge >= 0.3 is 6.09 Å². The summed E-state index contributed by atoms with van der Waals surface area (Å²) in [6.45, 7) is 3.57. The summed E-state index contributed by atoms with van der Waals surface area (Å²) in [5.74, 6) is 0. The Balaban J connectivity index is 2.04. The summed E-state index contributed by atoms with van der Waals surface area (Å²) in [7, 11) is 0. The van der Waals surface area contributed by atoms with Crippen molar-refractivity contribution in [2.24, 2.45) is 0 Å². The van der Waals surface area contributed by atoms with E-state index in [1.807, 2.05) is 30.3 Å². The lowest BCUT2D eigenvalue weighted by Crippen LogP contribution is -2.15. The van der Waals surface area contributed by atoms with E-state index in [1.54, 1.807) is 13.8 Å². The van der Waals surface area contributed by atoms with Gasteiger partial charge in [-0.25, -0.2) is 4.79 Å². The molecule has 0 saturated heterocycles. The first-order chi connectivity index (χ1) is 10.5. The number of hydrogen-bond acceptors (Lipinski definition) is 4. The van der Waals surface area contributed by atoms with E-state index in [2.05, 4.69) is 5.32 Å². The van der Waals surface area contributed by atoms with Gasteiger partial charge in [-0.05, 0) is 30.5 Å². The molecule has 0 aliphatic rings. The smallest absolute Gasteiger partial charge is 0.411 e. The summed E-state index contributed by atoms with van der Waals surface area (Å²) in [6.07, 6.45) is -0.594. The Morgan fingerprint density at radius 1 is 1.18 bits per heavy atom. The van der Waals surface area contributed by atoms with Crippen molar-refractivity contribution in [1.29, 1.82) is 0 Å². The minimum absolute atomic E-state index is 0.00166. The maximum absolute atomic E-state index is 11.8. The second-order valence-electron chi connectivity index (χ2n) is 4.90. The number of nitro groups is 1. The maximum Gasteiger partial charge on any atom is 0.411 e. The van der Waals surface area contributed by atoms with Crippen molar-refractivity contribution in [3.8, 4) is 0 Å². The quantitative estimate of drug-likeness (QED) is 0.684. The Kier molecular flexibility index (Phi) is 4.73. The minimum atomic E-state index is -0.594. The Bertz CT molecular complexity index is 676. The van der Waals surface area contributed by atoms with Crippen LogP contribution in [0.5, 0.6) is 0 Å². The predicted molar refractivity (Wildman–Crippen MR) is 82.8 cm³/mol. The molecule has 0 saturated carbocycles. The van der Waals surface area contributed by atoms with Crippen LogP contribution in [0.1, 0.15) is 16.7 Å². The number of rotatable bonds is 4. The van der Waals surface area contributed by atoms with Crippen LogP contribution in [-0.4, -0.2) is 11.0 Å². The molecule has 0 heterocycles. The average molecular weight is 300 g/mol. The lowest BCUT2D eigenvalue weighted by Gasteiger charge is -2.12. The van der Waals surface area contributed by atoms with Crippen LogP contribution in [0.4, 0.5) is 16.2 Å².